The third-order valence-corrected chi connectivity index (χ3v) is 4.54. The van der Waals surface area contributed by atoms with Crippen molar-refractivity contribution in [2.45, 2.75) is 51.3 Å². The lowest BCUT2D eigenvalue weighted by Crippen LogP contribution is -2.53. The van der Waals surface area contributed by atoms with Crippen molar-refractivity contribution in [1.29, 1.82) is 0 Å². The molecule has 0 aliphatic heterocycles. The quantitative estimate of drug-likeness (QED) is 0.814. The fourth-order valence-corrected chi connectivity index (χ4v) is 3.13. The van der Waals surface area contributed by atoms with Crippen molar-refractivity contribution in [1.82, 2.24) is 9.88 Å². The van der Waals surface area contributed by atoms with Gasteiger partial charge in [-0.2, -0.15) is 0 Å². The Kier molecular flexibility index (Phi) is 3.02. The maximum atomic E-state index is 10.9. The van der Waals surface area contributed by atoms with Crippen LogP contribution < -0.4 is 10.8 Å². The molecule has 2 aliphatic carbocycles. The summed E-state index contributed by atoms with van der Waals surface area (Å²) in [5.41, 5.74) is 0.163. The largest absolute Gasteiger partial charge is 0.441 e. The summed E-state index contributed by atoms with van der Waals surface area (Å²) in [6.07, 6.45) is 8.12. The van der Waals surface area contributed by atoms with Gasteiger partial charge in [0.15, 0.2) is 11.3 Å². The Bertz CT molecular complexity index is 588. The molecule has 1 aromatic heterocycles. The highest BCUT2D eigenvalue weighted by molar-refractivity contribution is 5.39. The van der Waals surface area contributed by atoms with Gasteiger partial charge in [0.1, 0.15) is 11.1 Å². The standard InChI is InChI=1S/C15H22N2O2/c1-4-15(18,11-5-6-11)17(3)12-7-8-13-14(9-12)19-10(2)16-13/h8-9,11-12,18H,4-7H2,1-3H3. The zero-order chi connectivity index (χ0) is 13.6. The molecule has 0 saturated heterocycles. The van der Waals surface area contributed by atoms with Gasteiger partial charge >= 0.3 is 0 Å². The summed E-state index contributed by atoms with van der Waals surface area (Å²) in [5.74, 6) is 1.13. The van der Waals surface area contributed by atoms with Crippen LogP contribution in [0.2, 0.25) is 0 Å². The van der Waals surface area contributed by atoms with Gasteiger partial charge in [-0.3, -0.25) is 4.90 Å². The van der Waals surface area contributed by atoms with Crippen LogP contribution in [0.3, 0.4) is 0 Å². The van der Waals surface area contributed by atoms with Crippen LogP contribution in [-0.4, -0.2) is 33.8 Å². The molecule has 19 heavy (non-hydrogen) atoms. The van der Waals surface area contributed by atoms with Crippen LogP contribution in [0.25, 0.3) is 12.2 Å². The molecule has 1 fully saturated rings. The number of hydrogen-bond acceptors (Lipinski definition) is 4. The maximum absolute atomic E-state index is 10.9. The van der Waals surface area contributed by atoms with Crippen molar-refractivity contribution >= 4 is 12.2 Å². The highest BCUT2D eigenvalue weighted by Crippen LogP contribution is 2.44. The molecule has 2 aliphatic rings. The molecule has 1 aromatic rings. The first-order valence-electron chi connectivity index (χ1n) is 7.15. The maximum Gasteiger partial charge on any atom is 0.192 e. The summed E-state index contributed by atoms with van der Waals surface area (Å²) in [5, 5.41) is 11.8. The Morgan fingerprint density at radius 2 is 2.26 bits per heavy atom. The lowest BCUT2D eigenvalue weighted by molar-refractivity contribution is -0.124. The van der Waals surface area contributed by atoms with E-state index in [4.69, 9.17) is 4.42 Å². The smallest absolute Gasteiger partial charge is 0.192 e. The summed E-state index contributed by atoms with van der Waals surface area (Å²) in [6, 6.07) is 0.186. The van der Waals surface area contributed by atoms with Crippen molar-refractivity contribution in [3.05, 3.63) is 16.7 Å². The molecule has 0 aromatic carbocycles. The minimum atomic E-state index is -0.679. The van der Waals surface area contributed by atoms with Gasteiger partial charge in [0.2, 0.25) is 0 Å². The van der Waals surface area contributed by atoms with Crippen molar-refractivity contribution in [2.75, 3.05) is 7.05 Å². The second-order valence-corrected chi connectivity index (χ2v) is 5.77. The molecular weight excluding hydrogens is 240 g/mol. The molecule has 1 N–H and O–H groups in total. The molecule has 2 unspecified atom stereocenters. The van der Waals surface area contributed by atoms with Crippen LogP contribution in [0.5, 0.6) is 0 Å². The van der Waals surface area contributed by atoms with E-state index in [1.165, 1.54) is 0 Å². The molecule has 4 nitrogen and oxygen atoms in total. The van der Waals surface area contributed by atoms with Crippen molar-refractivity contribution in [2.24, 2.45) is 5.92 Å². The van der Waals surface area contributed by atoms with Gasteiger partial charge < -0.3 is 9.52 Å². The lowest BCUT2D eigenvalue weighted by Gasteiger charge is -2.41. The van der Waals surface area contributed by atoms with Gasteiger partial charge in [0, 0.05) is 18.9 Å². The van der Waals surface area contributed by atoms with Crippen molar-refractivity contribution < 1.29 is 9.52 Å². The zero-order valence-corrected chi connectivity index (χ0v) is 11.9. The first kappa shape index (κ1) is 12.9. The first-order valence-corrected chi connectivity index (χ1v) is 7.15. The molecule has 0 bridgehead atoms. The molecule has 4 heteroatoms. The Morgan fingerprint density at radius 3 is 2.89 bits per heavy atom. The van der Waals surface area contributed by atoms with E-state index in [1.807, 2.05) is 14.0 Å². The SMILES string of the molecule is CCC(O)(C1CC1)N(C)C1C=c2oc(C)nc2=CC1. The van der Waals surface area contributed by atoms with E-state index in [0.29, 0.717) is 11.8 Å². The summed E-state index contributed by atoms with van der Waals surface area (Å²) in [6.45, 7) is 3.93. The molecule has 1 saturated carbocycles. The molecule has 3 rings (SSSR count). The molecule has 0 radical (unpaired) electrons. The van der Waals surface area contributed by atoms with Gasteiger partial charge in [-0.15, -0.1) is 0 Å². The third kappa shape index (κ3) is 2.13. The van der Waals surface area contributed by atoms with Gasteiger partial charge in [0.25, 0.3) is 0 Å². The van der Waals surface area contributed by atoms with E-state index in [2.05, 4.69) is 29.0 Å². The summed E-state index contributed by atoms with van der Waals surface area (Å²) in [7, 11) is 2.02. The summed E-state index contributed by atoms with van der Waals surface area (Å²) >= 11 is 0. The minimum absolute atomic E-state index is 0.186. The Balaban J connectivity index is 1.89. The van der Waals surface area contributed by atoms with Gasteiger partial charge in [-0.25, -0.2) is 4.98 Å². The number of oxazole rings is 1. The number of hydrogen-bond donors (Lipinski definition) is 1. The highest BCUT2D eigenvalue weighted by Gasteiger charge is 2.47. The van der Waals surface area contributed by atoms with E-state index >= 15 is 0 Å². The summed E-state index contributed by atoms with van der Waals surface area (Å²) in [4.78, 5) is 6.45. The Morgan fingerprint density at radius 1 is 1.53 bits per heavy atom. The average Bonchev–Trinajstić information content (AvgIpc) is 3.18. The predicted molar refractivity (Wildman–Crippen MR) is 73.6 cm³/mol. The number of aliphatic hydroxyl groups is 1. The minimum Gasteiger partial charge on any atom is -0.441 e. The van der Waals surface area contributed by atoms with Gasteiger partial charge in [-0.1, -0.05) is 13.0 Å². The van der Waals surface area contributed by atoms with Crippen LogP contribution in [0.1, 0.15) is 38.5 Å². The molecule has 1 heterocycles. The first-order chi connectivity index (χ1) is 9.04. The van der Waals surface area contributed by atoms with E-state index < -0.39 is 5.72 Å². The van der Waals surface area contributed by atoms with Crippen LogP contribution in [0, 0.1) is 12.8 Å². The van der Waals surface area contributed by atoms with Crippen LogP contribution in [-0.2, 0) is 0 Å². The molecule has 0 amide bonds. The van der Waals surface area contributed by atoms with Gasteiger partial charge in [-0.05, 0) is 38.8 Å². The fraction of sp³-hybridized carbons (Fsp3) is 0.667. The Hall–Kier alpha value is -1.13. The zero-order valence-electron chi connectivity index (χ0n) is 11.9. The third-order valence-electron chi connectivity index (χ3n) is 4.54. The van der Waals surface area contributed by atoms with E-state index in [9.17, 15) is 5.11 Å². The van der Waals surface area contributed by atoms with E-state index in [1.54, 1.807) is 0 Å². The molecule has 0 spiro atoms. The van der Waals surface area contributed by atoms with Crippen LogP contribution in [0.4, 0.5) is 0 Å². The highest BCUT2D eigenvalue weighted by atomic mass is 16.3. The summed E-state index contributed by atoms with van der Waals surface area (Å²) < 4.78 is 5.60. The number of aryl methyl sites for hydroxylation is 1. The van der Waals surface area contributed by atoms with Crippen LogP contribution in [0.15, 0.2) is 4.42 Å². The van der Waals surface area contributed by atoms with Crippen molar-refractivity contribution in [3.8, 4) is 0 Å². The molecule has 2 atom stereocenters. The number of aromatic nitrogens is 1. The number of fused-ring (bicyclic) bond motifs is 1. The average molecular weight is 262 g/mol. The predicted octanol–water partition coefficient (Wildman–Crippen LogP) is 0.757. The number of rotatable bonds is 4. The normalized spacial score (nSPS) is 25.4. The van der Waals surface area contributed by atoms with Crippen LogP contribution >= 0.6 is 0 Å². The second kappa shape index (κ2) is 4.46. The van der Waals surface area contributed by atoms with E-state index in [0.717, 1.165) is 36.4 Å². The molecule has 104 valence electrons. The monoisotopic (exact) mass is 262 g/mol. The topological polar surface area (TPSA) is 49.5 Å². The van der Waals surface area contributed by atoms with Crippen molar-refractivity contribution in [3.63, 3.8) is 0 Å². The second-order valence-electron chi connectivity index (χ2n) is 5.77. The number of nitrogens with zero attached hydrogens (tertiary/aromatic N) is 2. The fourth-order valence-electron chi connectivity index (χ4n) is 3.13. The lowest BCUT2D eigenvalue weighted by atomic mass is 9.98. The Labute approximate surface area is 113 Å². The van der Waals surface area contributed by atoms with E-state index in [-0.39, 0.29) is 6.04 Å². The molecular formula is C15H22N2O2. The van der Waals surface area contributed by atoms with Gasteiger partial charge in [0.05, 0.1) is 0 Å².